The summed E-state index contributed by atoms with van der Waals surface area (Å²) >= 11 is 1.75. The lowest BCUT2D eigenvalue weighted by Crippen LogP contribution is -2.09. The molecule has 106 valence electrons. The van der Waals surface area contributed by atoms with Crippen LogP contribution in [0.2, 0.25) is 0 Å². The van der Waals surface area contributed by atoms with Gasteiger partial charge in [-0.25, -0.2) is 9.18 Å². The van der Waals surface area contributed by atoms with E-state index >= 15 is 0 Å². The number of rotatable bonds is 1. The van der Waals surface area contributed by atoms with Crippen LogP contribution in [-0.4, -0.2) is 16.1 Å². The van der Waals surface area contributed by atoms with E-state index in [1.807, 2.05) is 0 Å². The second-order valence-electron chi connectivity index (χ2n) is 4.27. The average molecular weight is 400 g/mol. The van der Waals surface area contributed by atoms with Gasteiger partial charge in [-0.15, -0.1) is 0 Å². The quantitative estimate of drug-likeness (QED) is 0.480. The van der Waals surface area contributed by atoms with Gasteiger partial charge >= 0.3 is 5.97 Å². The molecule has 3 N–H and O–H groups in total. The number of pyridine rings is 1. The highest BCUT2D eigenvalue weighted by Crippen LogP contribution is 2.23. The van der Waals surface area contributed by atoms with Crippen molar-refractivity contribution in [2.24, 2.45) is 0 Å². The second kappa shape index (κ2) is 4.65. The fourth-order valence-electron chi connectivity index (χ4n) is 1.96. The van der Waals surface area contributed by atoms with Gasteiger partial charge in [0.2, 0.25) is 11.1 Å². The van der Waals surface area contributed by atoms with Crippen LogP contribution in [0.1, 0.15) is 10.4 Å². The van der Waals surface area contributed by atoms with E-state index in [0.717, 1.165) is 12.1 Å². The van der Waals surface area contributed by atoms with E-state index in [1.165, 1.54) is 6.07 Å². The highest BCUT2D eigenvalue weighted by atomic mass is 127. The molecule has 0 aliphatic heterocycles. The molecule has 21 heavy (non-hydrogen) atoms. The number of hydrogen-bond donors (Lipinski definition) is 2. The minimum atomic E-state index is -1.30. The number of carboxylic acid groups (broad SMARTS) is 1. The molecule has 0 unspecified atom stereocenters. The first-order valence-corrected chi connectivity index (χ1v) is 6.71. The molecule has 0 bridgehead atoms. The number of aromatic nitrogens is 1. The fourth-order valence-corrected chi connectivity index (χ4v) is 2.43. The summed E-state index contributed by atoms with van der Waals surface area (Å²) in [6.07, 6.45) is 0. The first-order valence-electron chi connectivity index (χ1n) is 5.64. The Labute approximate surface area is 129 Å². The molecule has 0 radical (unpaired) electrons. The summed E-state index contributed by atoms with van der Waals surface area (Å²) in [6, 6.07) is 3.54. The SMILES string of the molecule is Nc1nc2oc3cc(F)c(I)cc3c(=O)c2cc1C(=O)O. The summed E-state index contributed by atoms with van der Waals surface area (Å²) < 4.78 is 19.1. The minimum absolute atomic E-state index is 0.0171. The normalized spacial score (nSPS) is 11.1. The summed E-state index contributed by atoms with van der Waals surface area (Å²) in [5, 5.41) is 9.14. The van der Waals surface area contributed by atoms with Gasteiger partial charge in [0.1, 0.15) is 22.8 Å². The molecule has 0 amide bonds. The molecule has 0 aliphatic carbocycles. The molecular weight excluding hydrogens is 394 g/mol. The summed E-state index contributed by atoms with van der Waals surface area (Å²) in [7, 11) is 0. The van der Waals surface area contributed by atoms with Crippen molar-refractivity contribution in [3.63, 3.8) is 0 Å². The molecule has 1 aromatic carbocycles. The predicted octanol–water partition coefficient (Wildman–Crippen LogP) is 2.37. The number of nitrogens with zero attached hydrogens (tertiary/aromatic N) is 1. The molecule has 3 rings (SSSR count). The lowest BCUT2D eigenvalue weighted by Gasteiger charge is -2.05. The molecule has 3 aromatic rings. The molecule has 0 atom stereocenters. The van der Waals surface area contributed by atoms with Crippen molar-refractivity contribution in [3.05, 3.63) is 43.4 Å². The molecule has 0 spiro atoms. The Balaban J connectivity index is 2.51. The summed E-state index contributed by atoms with van der Waals surface area (Å²) in [4.78, 5) is 27.2. The molecule has 0 saturated heterocycles. The third-order valence-electron chi connectivity index (χ3n) is 2.97. The fraction of sp³-hybridized carbons (Fsp3) is 0. The van der Waals surface area contributed by atoms with Gasteiger partial charge in [-0.2, -0.15) is 4.98 Å². The number of nitrogen functional groups attached to an aromatic ring is 1. The van der Waals surface area contributed by atoms with Gasteiger partial charge in [-0.3, -0.25) is 4.79 Å². The van der Waals surface area contributed by atoms with E-state index in [9.17, 15) is 14.0 Å². The Morgan fingerprint density at radius 3 is 2.71 bits per heavy atom. The van der Waals surface area contributed by atoms with Crippen LogP contribution in [0.25, 0.3) is 22.1 Å². The highest BCUT2D eigenvalue weighted by Gasteiger charge is 2.17. The zero-order valence-corrected chi connectivity index (χ0v) is 12.3. The van der Waals surface area contributed by atoms with Crippen LogP contribution in [0.3, 0.4) is 0 Å². The molecular formula is C13H6FIN2O4. The monoisotopic (exact) mass is 400 g/mol. The van der Waals surface area contributed by atoms with Crippen LogP contribution in [0, 0.1) is 9.39 Å². The van der Waals surface area contributed by atoms with Gasteiger partial charge in [0.05, 0.1) is 10.8 Å². The Hall–Kier alpha value is -2.23. The van der Waals surface area contributed by atoms with Crippen molar-refractivity contribution >= 4 is 56.4 Å². The van der Waals surface area contributed by atoms with Crippen molar-refractivity contribution < 1.29 is 18.7 Å². The molecule has 2 aromatic heterocycles. The van der Waals surface area contributed by atoms with Gasteiger partial charge in [0.15, 0.2) is 0 Å². The minimum Gasteiger partial charge on any atom is -0.478 e. The maximum Gasteiger partial charge on any atom is 0.339 e. The van der Waals surface area contributed by atoms with Crippen molar-refractivity contribution in [1.29, 1.82) is 0 Å². The zero-order chi connectivity index (χ0) is 15.3. The first-order chi connectivity index (χ1) is 9.88. The van der Waals surface area contributed by atoms with Crippen molar-refractivity contribution in [3.8, 4) is 0 Å². The van der Waals surface area contributed by atoms with Crippen LogP contribution in [0.5, 0.6) is 0 Å². The van der Waals surface area contributed by atoms with Crippen LogP contribution in [-0.2, 0) is 0 Å². The van der Waals surface area contributed by atoms with E-state index in [4.69, 9.17) is 15.3 Å². The van der Waals surface area contributed by atoms with Crippen LogP contribution in [0.15, 0.2) is 27.4 Å². The second-order valence-corrected chi connectivity index (χ2v) is 5.43. The van der Waals surface area contributed by atoms with E-state index in [0.29, 0.717) is 0 Å². The maximum absolute atomic E-state index is 13.5. The van der Waals surface area contributed by atoms with Gasteiger partial charge in [-0.1, -0.05) is 0 Å². The molecule has 0 fully saturated rings. The Morgan fingerprint density at radius 1 is 1.33 bits per heavy atom. The predicted molar refractivity (Wildman–Crippen MR) is 81.8 cm³/mol. The number of fused-ring (bicyclic) bond motifs is 2. The lowest BCUT2D eigenvalue weighted by atomic mass is 10.1. The van der Waals surface area contributed by atoms with Crippen molar-refractivity contribution in [2.45, 2.75) is 0 Å². The third-order valence-corrected chi connectivity index (χ3v) is 3.79. The van der Waals surface area contributed by atoms with E-state index in [1.54, 1.807) is 22.6 Å². The molecule has 0 aliphatic rings. The van der Waals surface area contributed by atoms with Crippen molar-refractivity contribution in [1.82, 2.24) is 4.98 Å². The topological polar surface area (TPSA) is 106 Å². The number of hydrogen-bond acceptors (Lipinski definition) is 5. The van der Waals surface area contributed by atoms with E-state index in [2.05, 4.69) is 4.98 Å². The Kier molecular flexibility index (Phi) is 3.04. The first kappa shape index (κ1) is 13.7. The largest absolute Gasteiger partial charge is 0.478 e. The zero-order valence-electron chi connectivity index (χ0n) is 10.2. The van der Waals surface area contributed by atoms with E-state index in [-0.39, 0.29) is 37.0 Å². The number of carbonyl (C=O) groups is 1. The number of halogens is 2. The van der Waals surface area contributed by atoms with E-state index < -0.39 is 17.2 Å². The van der Waals surface area contributed by atoms with Crippen LogP contribution < -0.4 is 11.2 Å². The van der Waals surface area contributed by atoms with Gasteiger partial charge in [0.25, 0.3) is 0 Å². The third kappa shape index (κ3) is 2.11. The number of carboxylic acids is 1. The average Bonchev–Trinajstić information content (AvgIpc) is 2.40. The Bertz CT molecular complexity index is 983. The van der Waals surface area contributed by atoms with Crippen molar-refractivity contribution in [2.75, 3.05) is 5.73 Å². The Morgan fingerprint density at radius 2 is 2.05 bits per heavy atom. The molecule has 2 heterocycles. The van der Waals surface area contributed by atoms with Gasteiger partial charge < -0.3 is 15.3 Å². The summed E-state index contributed by atoms with van der Waals surface area (Å²) in [5.74, 6) is -2.10. The summed E-state index contributed by atoms with van der Waals surface area (Å²) in [6.45, 7) is 0. The molecule has 0 saturated carbocycles. The number of aromatic carboxylic acids is 1. The van der Waals surface area contributed by atoms with Gasteiger partial charge in [-0.05, 0) is 34.7 Å². The van der Waals surface area contributed by atoms with Gasteiger partial charge in [0, 0.05) is 9.64 Å². The highest BCUT2D eigenvalue weighted by molar-refractivity contribution is 14.1. The van der Waals surface area contributed by atoms with Crippen LogP contribution >= 0.6 is 22.6 Å². The standard InChI is InChI=1S/C13H6FIN2O4/c14-7-3-9-4(2-8(7)15)10(18)5-1-6(13(19)20)11(16)17-12(5)21-9/h1-3H,(H2,16,17)(H,19,20). The number of benzene rings is 1. The molecule has 6 nitrogen and oxygen atoms in total. The van der Waals surface area contributed by atoms with Crippen LogP contribution in [0.4, 0.5) is 10.2 Å². The maximum atomic E-state index is 13.5. The lowest BCUT2D eigenvalue weighted by molar-refractivity contribution is 0.0698. The smallest absolute Gasteiger partial charge is 0.339 e. The number of anilines is 1. The number of nitrogens with two attached hydrogens (primary N) is 1. The molecule has 8 heteroatoms. The summed E-state index contributed by atoms with van der Waals surface area (Å²) in [5.41, 5.74) is 4.63.